The molecule has 1 aliphatic rings. The molecule has 0 spiro atoms. The van der Waals surface area contributed by atoms with Gasteiger partial charge < -0.3 is 11.1 Å². The molecular weight excluding hydrogens is 230 g/mol. The van der Waals surface area contributed by atoms with Crippen LogP contribution in [-0.2, 0) is 0 Å². The molecule has 4 nitrogen and oxygen atoms in total. The molecule has 0 saturated carbocycles. The summed E-state index contributed by atoms with van der Waals surface area (Å²) in [5.74, 6) is 2.11. The quantitative estimate of drug-likeness (QED) is 0.821. The number of nitrogens with two attached hydrogens (primary N) is 1. The number of hydrogen-bond acceptors (Lipinski definition) is 5. The minimum Gasteiger partial charge on any atom is -0.375 e. The molecule has 1 aromatic heterocycles. The Kier molecular flexibility index (Phi) is 3.16. The third-order valence-electron chi connectivity index (χ3n) is 2.28. The Morgan fingerprint density at radius 1 is 1.67 bits per heavy atom. The highest BCUT2D eigenvalue weighted by molar-refractivity contribution is 7.99. The second-order valence-corrected chi connectivity index (χ2v) is 5.68. The van der Waals surface area contributed by atoms with Gasteiger partial charge in [0.2, 0.25) is 0 Å². The molecule has 1 atom stereocenters. The first-order valence-electron chi connectivity index (χ1n) is 4.78. The van der Waals surface area contributed by atoms with Crippen LogP contribution in [0.1, 0.15) is 21.8 Å². The maximum Gasteiger partial charge on any atom is 0.263 e. The van der Waals surface area contributed by atoms with Gasteiger partial charge in [-0.05, 0) is 19.1 Å². The summed E-state index contributed by atoms with van der Waals surface area (Å²) in [6.07, 6.45) is 1.06. The summed E-state index contributed by atoms with van der Waals surface area (Å²) in [6.45, 7) is 1.81. The van der Waals surface area contributed by atoms with E-state index in [4.69, 9.17) is 5.73 Å². The molecule has 1 amide bonds. The van der Waals surface area contributed by atoms with Crippen molar-refractivity contribution >= 4 is 34.1 Å². The number of carbonyl (C=O) groups is 1. The fourth-order valence-corrected chi connectivity index (χ4v) is 3.42. The zero-order valence-electron chi connectivity index (χ0n) is 8.45. The van der Waals surface area contributed by atoms with Crippen molar-refractivity contribution in [2.45, 2.75) is 19.4 Å². The van der Waals surface area contributed by atoms with Crippen molar-refractivity contribution < 1.29 is 4.79 Å². The lowest BCUT2D eigenvalue weighted by atomic mass is 10.2. The van der Waals surface area contributed by atoms with Gasteiger partial charge in [-0.25, -0.2) is 4.98 Å². The van der Waals surface area contributed by atoms with E-state index in [0.717, 1.165) is 23.6 Å². The predicted octanol–water partition coefficient (Wildman–Crippen LogP) is 1.27. The van der Waals surface area contributed by atoms with Gasteiger partial charge in [0.05, 0.1) is 5.69 Å². The van der Waals surface area contributed by atoms with Crippen LogP contribution in [0.15, 0.2) is 0 Å². The van der Waals surface area contributed by atoms with Crippen molar-refractivity contribution in [3.8, 4) is 0 Å². The van der Waals surface area contributed by atoms with Crippen LogP contribution >= 0.6 is 23.1 Å². The van der Waals surface area contributed by atoms with Crippen LogP contribution in [0.25, 0.3) is 0 Å². The maximum atomic E-state index is 11.8. The van der Waals surface area contributed by atoms with E-state index in [1.165, 1.54) is 11.3 Å². The maximum absolute atomic E-state index is 11.8. The van der Waals surface area contributed by atoms with Crippen LogP contribution in [0.4, 0.5) is 5.13 Å². The number of thioether (sulfide) groups is 1. The molecule has 2 rings (SSSR count). The molecular formula is C9H13N3OS2. The zero-order valence-corrected chi connectivity index (χ0v) is 10.1. The molecule has 1 fully saturated rings. The second-order valence-electron chi connectivity index (χ2n) is 3.50. The fraction of sp³-hybridized carbons (Fsp3) is 0.556. The number of anilines is 1. The molecule has 82 valence electrons. The molecule has 1 saturated heterocycles. The molecule has 1 unspecified atom stereocenters. The first-order valence-corrected chi connectivity index (χ1v) is 6.75. The van der Waals surface area contributed by atoms with Crippen molar-refractivity contribution in [1.29, 1.82) is 0 Å². The number of nitrogens with zero attached hydrogens (tertiary/aromatic N) is 1. The Bertz CT molecular complexity index is 371. The Balaban J connectivity index is 2.03. The van der Waals surface area contributed by atoms with Crippen molar-refractivity contribution in [1.82, 2.24) is 10.3 Å². The Hall–Kier alpha value is -0.750. The lowest BCUT2D eigenvalue weighted by Gasteiger charge is -2.09. The van der Waals surface area contributed by atoms with Crippen molar-refractivity contribution in [3.05, 3.63) is 10.6 Å². The first kappa shape index (κ1) is 10.8. The van der Waals surface area contributed by atoms with E-state index in [1.54, 1.807) is 0 Å². The van der Waals surface area contributed by atoms with Crippen LogP contribution < -0.4 is 11.1 Å². The number of hydrogen-bond donors (Lipinski definition) is 2. The summed E-state index contributed by atoms with van der Waals surface area (Å²) >= 11 is 3.13. The van der Waals surface area contributed by atoms with Crippen molar-refractivity contribution in [3.63, 3.8) is 0 Å². The molecule has 0 radical (unpaired) electrons. The summed E-state index contributed by atoms with van der Waals surface area (Å²) in [4.78, 5) is 16.5. The summed E-state index contributed by atoms with van der Waals surface area (Å²) in [5.41, 5.74) is 6.27. The van der Waals surface area contributed by atoms with Gasteiger partial charge in [-0.2, -0.15) is 11.8 Å². The smallest absolute Gasteiger partial charge is 0.263 e. The zero-order chi connectivity index (χ0) is 10.8. The highest BCUT2D eigenvalue weighted by Gasteiger charge is 2.21. The minimum atomic E-state index is -0.0331. The average molecular weight is 243 g/mol. The molecule has 3 N–H and O–H groups in total. The van der Waals surface area contributed by atoms with E-state index < -0.39 is 0 Å². The highest BCUT2D eigenvalue weighted by atomic mass is 32.2. The van der Waals surface area contributed by atoms with E-state index in [0.29, 0.717) is 16.1 Å². The van der Waals surface area contributed by atoms with E-state index in [9.17, 15) is 4.79 Å². The van der Waals surface area contributed by atoms with Gasteiger partial charge in [-0.15, -0.1) is 0 Å². The van der Waals surface area contributed by atoms with Crippen LogP contribution in [0.3, 0.4) is 0 Å². The lowest BCUT2D eigenvalue weighted by Crippen LogP contribution is -2.34. The van der Waals surface area contributed by atoms with Gasteiger partial charge in [0, 0.05) is 11.8 Å². The van der Waals surface area contributed by atoms with Crippen molar-refractivity contribution in [2.24, 2.45) is 0 Å². The van der Waals surface area contributed by atoms with Crippen LogP contribution in [0.5, 0.6) is 0 Å². The summed E-state index contributed by atoms with van der Waals surface area (Å²) in [5, 5.41) is 3.46. The van der Waals surface area contributed by atoms with Crippen LogP contribution in [0.2, 0.25) is 0 Å². The molecule has 6 heteroatoms. The van der Waals surface area contributed by atoms with E-state index in [-0.39, 0.29) is 5.91 Å². The molecule has 2 heterocycles. The van der Waals surface area contributed by atoms with Gasteiger partial charge in [-0.3, -0.25) is 4.79 Å². The molecule has 0 aliphatic carbocycles. The predicted molar refractivity (Wildman–Crippen MR) is 64.5 cm³/mol. The third kappa shape index (κ3) is 2.43. The van der Waals surface area contributed by atoms with Gasteiger partial charge in [0.25, 0.3) is 5.91 Å². The van der Waals surface area contributed by atoms with Gasteiger partial charge >= 0.3 is 0 Å². The summed E-state index contributed by atoms with van der Waals surface area (Å²) in [7, 11) is 0. The summed E-state index contributed by atoms with van der Waals surface area (Å²) < 4.78 is 0. The largest absolute Gasteiger partial charge is 0.375 e. The minimum absolute atomic E-state index is 0.0331. The number of nitrogens with one attached hydrogen (secondary N) is 1. The van der Waals surface area contributed by atoms with E-state index in [1.807, 2.05) is 18.7 Å². The lowest BCUT2D eigenvalue weighted by molar-refractivity contribution is 0.0944. The third-order valence-corrected chi connectivity index (χ3v) is 4.43. The topological polar surface area (TPSA) is 68.0 Å². The molecule has 0 aromatic carbocycles. The van der Waals surface area contributed by atoms with Gasteiger partial charge in [0.15, 0.2) is 5.13 Å². The SMILES string of the molecule is Cc1nc(N)sc1C(=O)NC1CCSC1. The number of aryl methyl sites for hydroxylation is 1. The Morgan fingerprint density at radius 2 is 2.47 bits per heavy atom. The monoisotopic (exact) mass is 243 g/mol. The van der Waals surface area contributed by atoms with Gasteiger partial charge in [0.1, 0.15) is 4.88 Å². The number of carbonyl (C=O) groups excluding carboxylic acids is 1. The molecule has 15 heavy (non-hydrogen) atoms. The highest BCUT2D eigenvalue weighted by Crippen LogP contribution is 2.21. The number of thiazole rings is 1. The number of rotatable bonds is 2. The summed E-state index contributed by atoms with van der Waals surface area (Å²) in [6, 6.07) is 0.310. The van der Waals surface area contributed by atoms with Crippen molar-refractivity contribution in [2.75, 3.05) is 17.2 Å². The number of nitrogen functional groups attached to an aromatic ring is 1. The van der Waals surface area contributed by atoms with Crippen LogP contribution in [0, 0.1) is 6.92 Å². The first-order chi connectivity index (χ1) is 7.16. The van der Waals surface area contributed by atoms with E-state index >= 15 is 0 Å². The average Bonchev–Trinajstić information content (AvgIpc) is 2.75. The second kappa shape index (κ2) is 4.40. The normalized spacial score (nSPS) is 20.5. The van der Waals surface area contributed by atoms with Gasteiger partial charge in [-0.1, -0.05) is 11.3 Å². The number of amides is 1. The van der Waals surface area contributed by atoms with Crippen LogP contribution in [-0.4, -0.2) is 28.4 Å². The Labute approximate surface area is 96.6 Å². The molecule has 1 aliphatic heterocycles. The molecule has 1 aromatic rings. The Morgan fingerprint density at radius 3 is 3.00 bits per heavy atom. The van der Waals surface area contributed by atoms with E-state index in [2.05, 4.69) is 10.3 Å². The fourth-order valence-electron chi connectivity index (χ4n) is 1.53. The number of aromatic nitrogens is 1. The standard InChI is InChI=1S/C9H13N3OS2/c1-5-7(15-9(10)11-5)8(13)12-6-2-3-14-4-6/h6H,2-4H2,1H3,(H2,10,11)(H,12,13). The molecule has 0 bridgehead atoms.